The van der Waals surface area contributed by atoms with Gasteiger partial charge in [0.1, 0.15) is 0 Å². The smallest absolute Gasteiger partial charge is 0.234 e. The Balaban J connectivity index is 1.86. The summed E-state index contributed by atoms with van der Waals surface area (Å²) >= 11 is 19.6. The zero-order chi connectivity index (χ0) is 15.2. The van der Waals surface area contributed by atoms with Crippen molar-refractivity contribution < 1.29 is 4.79 Å². The standard InChI is InChI=1S/C15H12Cl3NOS/c16-11-5-3-6-12(17)10(11)8-21-9-15(20)19-14-7-2-1-4-13(14)18/h1-7H,8-9H2,(H,19,20). The van der Waals surface area contributed by atoms with Crippen LogP contribution < -0.4 is 5.32 Å². The SMILES string of the molecule is O=C(CSCc1c(Cl)cccc1Cl)Nc1ccccc1Cl. The predicted molar refractivity (Wildman–Crippen MR) is 92.7 cm³/mol. The number of anilines is 1. The van der Waals surface area contributed by atoms with Crippen molar-refractivity contribution in [3.8, 4) is 0 Å². The molecule has 0 bridgehead atoms. The molecule has 1 amide bonds. The molecule has 0 aliphatic carbocycles. The van der Waals surface area contributed by atoms with Crippen molar-refractivity contribution in [3.05, 3.63) is 63.1 Å². The first-order valence-electron chi connectivity index (χ1n) is 6.13. The van der Waals surface area contributed by atoms with Crippen LogP contribution in [0.15, 0.2) is 42.5 Å². The van der Waals surface area contributed by atoms with Gasteiger partial charge in [-0.05, 0) is 29.8 Å². The number of carbonyl (C=O) groups excluding carboxylic acids is 1. The molecule has 6 heteroatoms. The van der Waals surface area contributed by atoms with Crippen LogP contribution in [0.1, 0.15) is 5.56 Å². The summed E-state index contributed by atoms with van der Waals surface area (Å²) in [5.74, 6) is 0.762. The molecule has 2 nitrogen and oxygen atoms in total. The van der Waals surface area contributed by atoms with Crippen LogP contribution in [0.4, 0.5) is 5.69 Å². The van der Waals surface area contributed by atoms with E-state index in [0.717, 1.165) is 5.56 Å². The lowest BCUT2D eigenvalue weighted by molar-refractivity contribution is -0.113. The molecule has 0 radical (unpaired) electrons. The number of benzene rings is 2. The molecule has 0 aliphatic rings. The molecular weight excluding hydrogens is 349 g/mol. The first kappa shape index (κ1) is 16.5. The number of carbonyl (C=O) groups is 1. The van der Waals surface area contributed by atoms with E-state index in [4.69, 9.17) is 34.8 Å². The molecule has 0 atom stereocenters. The van der Waals surface area contributed by atoms with Gasteiger partial charge < -0.3 is 5.32 Å². The van der Waals surface area contributed by atoms with E-state index < -0.39 is 0 Å². The van der Waals surface area contributed by atoms with Crippen LogP contribution in [0.2, 0.25) is 15.1 Å². The van der Waals surface area contributed by atoms with Gasteiger partial charge in [0.2, 0.25) is 5.91 Å². The molecule has 0 spiro atoms. The fourth-order valence-corrected chi connectivity index (χ4v) is 3.41. The Morgan fingerprint density at radius 2 is 1.57 bits per heavy atom. The molecule has 0 saturated carbocycles. The number of halogens is 3. The summed E-state index contributed by atoms with van der Waals surface area (Å²) in [6.07, 6.45) is 0. The molecule has 2 aromatic carbocycles. The van der Waals surface area contributed by atoms with Gasteiger partial charge in [-0.3, -0.25) is 4.79 Å². The van der Waals surface area contributed by atoms with E-state index in [1.165, 1.54) is 11.8 Å². The van der Waals surface area contributed by atoms with Gasteiger partial charge in [-0.25, -0.2) is 0 Å². The molecule has 0 saturated heterocycles. The van der Waals surface area contributed by atoms with Crippen LogP contribution in [0.5, 0.6) is 0 Å². The molecule has 2 rings (SSSR count). The summed E-state index contributed by atoms with van der Waals surface area (Å²) < 4.78 is 0. The van der Waals surface area contributed by atoms with Crippen LogP contribution in [-0.4, -0.2) is 11.7 Å². The third-order valence-corrected chi connectivity index (χ3v) is 4.69. The van der Waals surface area contributed by atoms with Gasteiger partial charge in [-0.1, -0.05) is 53.0 Å². The summed E-state index contributed by atoms with van der Waals surface area (Å²) in [4.78, 5) is 11.9. The van der Waals surface area contributed by atoms with Crippen LogP contribution >= 0.6 is 46.6 Å². The number of rotatable bonds is 5. The van der Waals surface area contributed by atoms with Gasteiger partial charge >= 0.3 is 0 Å². The maximum atomic E-state index is 11.9. The van der Waals surface area contributed by atoms with Crippen LogP contribution in [0, 0.1) is 0 Å². The third kappa shape index (κ3) is 4.82. The van der Waals surface area contributed by atoms with E-state index >= 15 is 0 Å². The Morgan fingerprint density at radius 3 is 2.24 bits per heavy atom. The van der Waals surface area contributed by atoms with E-state index in [9.17, 15) is 4.79 Å². The predicted octanol–water partition coefficient (Wildman–Crippen LogP) is 5.52. The molecule has 0 fully saturated rings. The summed E-state index contributed by atoms with van der Waals surface area (Å²) in [6.45, 7) is 0. The van der Waals surface area contributed by atoms with E-state index in [1.807, 2.05) is 12.1 Å². The second-order valence-electron chi connectivity index (χ2n) is 4.22. The number of hydrogen-bond donors (Lipinski definition) is 1. The molecule has 0 aliphatic heterocycles. The van der Waals surface area contributed by atoms with Gasteiger partial charge in [0.15, 0.2) is 0 Å². The van der Waals surface area contributed by atoms with Gasteiger partial charge in [0, 0.05) is 15.8 Å². The first-order chi connectivity index (χ1) is 10.1. The van der Waals surface area contributed by atoms with Crippen LogP contribution in [-0.2, 0) is 10.5 Å². The molecule has 2 aromatic rings. The van der Waals surface area contributed by atoms with Gasteiger partial charge in [0.05, 0.1) is 16.5 Å². The summed E-state index contributed by atoms with van der Waals surface area (Å²) in [6, 6.07) is 12.5. The first-order valence-corrected chi connectivity index (χ1v) is 8.42. The minimum absolute atomic E-state index is 0.115. The number of nitrogens with one attached hydrogen (secondary N) is 1. The minimum atomic E-state index is -0.115. The average Bonchev–Trinajstić information content (AvgIpc) is 2.45. The molecular formula is C15H12Cl3NOS. The van der Waals surface area contributed by atoms with Crippen molar-refractivity contribution in [2.24, 2.45) is 0 Å². The number of hydrogen-bond acceptors (Lipinski definition) is 2. The topological polar surface area (TPSA) is 29.1 Å². The number of thioether (sulfide) groups is 1. The number of amides is 1. The normalized spacial score (nSPS) is 10.4. The Bertz CT molecular complexity index is 628. The summed E-state index contributed by atoms with van der Waals surface area (Å²) in [5.41, 5.74) is 1.46. The summed E-state index contributed by atoms with van der Waals surface area (Å²) in [5, 5.41) is 4.51. The highest BCUT2D eigenvalue weighted by Gasteiger charge is 2.08. The van der Waals surface area contributed by atoms with E-state index in [2.05, 4.69) is 5.32 Å². The lowest BCUT2D eigenvalue weighted by Crippen LogP contribution is -2.14. The Kier molecular flexibility index (Phi) is 6.24. The fraction of sp³-hybridized carbons (Fsp3) is 0.133. The molecule has 110 valence electrons. The average molecular weight is 361 g/mol. The highest BCUT2D eigenvalue weighted by molar-refractivity contribution is 7.99. The monoisotopic (exact) mass is 359 g/mol. The second-order valence-corrected chi connectivity index (χ2v) is 6.43. The van der Waals surface area contributed by atoms with Crippen molar-refractivity contribution in [1.82, 2.24) is 0 Å². The second kappa shape index (κ2) is 7.95. The molecule has 1 N–H and O–H groups in total. The van der Waals surface area contributed by atoms with Crippen LogP contribution in [0.3, 0.4) is 0 Å². The van der Waals surface area contributed by atoms with Gasteiger partial charge in [0.25, 0.3) is 0 Å². The van der Waals surface area contributed by atoms with E-state index in [1.54, 1.807) is 30.3 Å². The van der Waals surface area contributed by atoms with Crippen molar-refractivity contribution in [3.63, 3.8) is 0 Å². The molecule has 0 unspecified atom stereocenters. The van der Waals surface area contributed by atoms with Crippen LogP contribution in [0.25, 0.3) is 0 Å². The Labute approximate surface area is 142 Å². The highest BCUT2D eigenvalue weighted by atomic mass is 35.5. The number of para-hydroxylation sites is 1. The van der Waals surface area contributed by atoms with Gasteiger partial charge in [-0.15, -0.1) is 11.8 Å². The molecule has 0 heterocycles. The zero-order valence-corrected chi connectivity index (χ0v) is 14.0. The molecule has 0 aromatic heterocycles. The summed E-state index contributed by atoms with van der Waals surface area (Å²) in [7, 11) is 0. The third-order valence-electron chi connectivity index (χ3n) is 2.69. The highest BCUT2D eigenvalue weighted by Crippen LogP contribution is 2.28. The van der Waals surface area contributed by atoms with E-state index in [-0.39, 0.29) is 5.91 Å². The van der Waals surface area contributed by atoms with Crippen molar-refractivity contribution in [1.29, 1.82) is 0 Å². The maximum absolute atomic E-state index is 11.9. The molecule has 21 heavy (non-hydrogen) atoms. The Morgan fingerprint density at radius 1 is 0.952 bits per heavy atom. The lowest BCUT2D eigenvalue weighted by atomic mass is 10.2. The maximum Gasteiger partial charge on any atom is 0.234 e. The van der Waals surface area contributed by atoms with Crippen molar-refractivity contribution in [2.45, 2.75) is 5.75 Å². The Hall–Kier alpha value is -0.870. The van der Waals surface area contributed by atoms with Gasteiger partial charge in [-0.2, -0.15) is 0 Å². The van der Waals surface area contributed by atoms with Crippen molar-refractivity contribution in [2.75, 3.05) is 11.1 Å². The minimum Gasteiger partial charge on any atom is -0.324 e. The zero-order valence-electron chi connectivity index (χ0n) is 10.9. The quantitative estimate of drug-likeness (QED) is 0.760. The van der Waals surface area contributed by atoms with E-state index in [0.29, 0.717) is 32.3 Å². The lowest BCUT2D eigenvalue weighted by Gasteiger charge is -2.08. The largest absolute Gasteiger partial charge is 0.324 e. The van der Waals surface area contributed by atoms with Crippen molar-refractivity contribution >= 4 is 58.2 Å². The fourth-order valence-electron chi connectivity index (χ4n) is 1.66.